The standard InChI is InChI=1S/C26H32N4O3/c1-4-32-26(31)20-11-13-29(14-12-20)16-23-25(28-24-10-7-21(27)15-30(23)24)19-5-8-22(9-6-19)33-17-18(2)3/h5-10,15,20H,2,4,11-14,16-17,27H2,1,3H3. The average Bonchev–Trinajstić information content (AvgIpc) is 3.16. The molecule has 2 N–H and O–H groups in total. The van der Waals surface area contributed by atoms with Gasteiger partial charge in [-0.2, -0.15) is 0 Å². The van der Waals surface area contributed by atoms with Gasteiger partial charge >= 0.3 is 5.97 Å². The van der Waals surface area contributed by atoms with Gasteiger partial charge in [0.25, 0.3) is 0 Å². The fourth-order valence-electron chi connectivity index (χ4n) is 4.21. The average molecular weight is 449 g/mol. The van der Waals surface area contributed by atoms with Crippen LogP contribution in [0.5, 0.6) is 5.75 Å². The predicted molar refractivity (Wildman–Crippen MR) is 130 cm³/mol. The number of carbonyl (C=O) groups excluding carboxylic acids is 1. The van der Waals surface area contributed by atoms with Gasteiger partial charge in [0.1, 0.15) is 18.0 Å². The number of nitrogens with two attached hydrogens (primary N) is 1. The zero-order valence-corrected chi connectivity index (χ0v) is 19.4. The van der Waals surface area contributed by atoms with Crippen molar-refractivity contribution in [2.24, 2.45) is 5.92 Å². The van der Waals surface area contributed by atoms with Gasteiger partial charge in [-0.15, -0.1) is 0 Å². The topological polar surface area (TPSA) is 82.1 Å². The molecule has 0 radical (unpaired) electrons. The molecule has 0 spiro atoms. The minimum atomic E-state index is -0.0747. The van der Waals surface area contributed by atoms with Gasteiger partial charge in [-0.05, 0) is 81.7 Å². The highest BCUT2D eigenvalue weighted by Crippen LogP contribution is 2.29. The number of hydrogen-bond donors (Lipinski definition) is 1. The molecule has 1 aliphatic heterocycles. The first-order valence-electron chi connectivity index (χ1n) is 11.5. The number of fused-ring (bicyclic) bond motifs is 1. The van der Waals surface area contributed by atoms with E-state index < -0.39 is 0 Å². The van der Waals surface area contributed by atoms with E-state index in [-0.39, 0.29) is 11.9 Å². The molecule has 0 unspecified atom stereocenters. The molecule has 0 aliphatic carbocycles. The number of esters is 1. The first-order chi connectivity index (χ1) is 15.9. The molecule has 7 heteroatoms. The number of ether oxygens (including phenoxy) is 2. The maximum Gasteiger partial charge on any atom is 0.309 e. The Labute approximate surface area is 194 Å². The van der Waals surface area contributed by atoms with Crippen LogP contribution in [0.15, 0.2) is 54.7 Å². The summed E-state index contributed by atoms with van der Waals surface area (Å²) in [6.45, 7) is 11.0. The van der Waals surface area contributed by atoms with Crippen molar-refractivity contribution in [3.8, 4) is 17.0 Å². The highest BCUT2D eigenvalue weighted by Gasteiger charge is 2.27. The molecule has 0 saturated carbocycles. The number of rotatable bonds is 8. The molecule has 0 bridgehead atoms. The van der Waals surface area contributed by atoms with Gasteiger partial charge < -0.3 is 19.6 Å². The van der Waals surface area contributed by atoms with Crippen molar-refractivity contribution in [3.63, 3.8) is 0 Å². The van der Waals surface area contributed by atoms with Gasteiger partial charge in [0.15, 0.2) is 0 Å². The van der Waals surface area contributed by atoms with Crippen molar-refractivity contribution in [1.82, 2.24) is 14.3 Å². The van der Waals surface area contributed by atoms with Crippen LogP contribution in [0.1, 0.15) is 32.4 Å². The first-order valence-corrected chi connectivity index (χ1v) is 11.5. The smallest absolute Gasteiger partial charge is 0.309 e. The summed E-state index contributed by atoms with van der Waals surface area (Å²) in [4.78, 5) is 19.4. The van der Waals surface area contributed by atoms with Crippen molar-refractivity contribution >= 4 is 17.3 Å². The highest BCUT2D eigenvalue weighted by molar-refractivity contribution is 5.72. The Morgan fingerprint density at radius 2 is 1.91 bits per heavy atom. The van der Waals surface area contributed by atoms with Crippen LogP contribution in [0, 0.1) is 5.92 Å². The van der Waals surface area contributed by atoms with Gasteiger partial charge in [-0.25, -0.2) is 4.98 Å². The number of piperidine rings is 1. The van der Waals surface area contributed by atoms with E-state index in [0.29, 0.717) is 18.9 Å². The molecule has 1 fully saturated rings. The number of aromatic nitrogens is 2. The second-order valence-corrected chi connectivity index (χ2v) is 8.67. The van der Waals surface area contributed by atoms with E-state index in [2.05, 4.69) is 15.9 Å². The Balaban J connectivity index is 1.57. The molecular formula is C26H32N4O3. The highest BCUT2D eigenvalue weighted by atomic mass is 16.5. The van der Waals surface area contributed by atoms with E-state index >= 15 is 0 Å². The number of anilines is 1. The SMILES string of the molecule is C=C(C)COc1ccc(-c2nc3ccc(N)cn3c2CN2CCC(C(=O)OCC)CC2)cc1. The third-order valence-corrected chi connectivity index (χ3v) is 5.93. The molecule has 2 aromatic heterocycles. The van der Waals surface area contributed by atoms with Gasteiger partial charge in [0, 0.05) is 24.0 Å². The third-order valence-electron chi connectivity index (χ3n) is 5.93. The van der Waals surface area contributed by atoms with E-state index in [1.54, 1.807) is 0 Å². The molecule has 1 saturated heterocycles. The first kappa shape index (κ1) is 22.9. The molecule has 3 heterocycles. The maximum absolute atomic E-state index is 12.1. The Bertz CT molecular complexity index is 1130. The molecule has 0 atom stereocenters. The number of nitrogens with zero attached hydrogens (tertiary/aromatic N) is 3. The predicted octanol–water partition coefficient (Wildman–Crippen LogP) is 4.31. The van der Waals surface area contributed by atoms with E-state index in [0.717, 1.165) is 66.4 Å². The maximum atomic E-state index is 12.1. The van der Waals surface area contributed by atoms with E-state index in [9.17, 15) is 4.79 Å². The zero-order valence-electron chi connectivity index (χ0n) is 19.4. The summed E-state index contributed by atoms with van der Waals surface area (Å²) < 4.78 is 13.0. The monoisotopic (exact) mass is 448 g/mol. The lowest BCUT2D eigenvalue weighted by molar-refractivity contribution is -0.149. The minimum Gasteiger partial charge on any atom is -0.489 e. The summed E-state index contributed by atoms with van der Waals surface area (Å²) in [5.41, 5.74) is 11.7. The molecule has 1 aliphatic rings. The van der Waals surface area contributed by atoms with Crippen molar-refractivity contribution in [3.05, 3.63) is 60.4 Å². The van der Waals surface area contributed by atoms with Crippen LogP contribution in [0.4, 0.5) is 5.69 Å². The number of nitrogen functional groups attached to an aromatic ring is 1. The lowest BCUT2D eigenvalue weighted by Gasteiger charge is -2.30. The van der Waals surface area contributed by atoms with Gasteiger partial charge in [0.05, 0.1) is 23.9 Å². The van der Waals surface area contributed by atoms with Gasteiger partial charge in [-0.3, -0.25) is 9.69 Å². The lowest BCUT2D eigenvalue weighted by Crippen LogP contribution is -2.36. The summed E-state index contributed by atoms with van der Waals surface area (Å²) in [6.07, 6.45) is 3.54. The second-order valence-electron chi connectivity index (χ2n) is 8.67. The van der Waals surface area contributed by atoms with Crippen LogP contribution in [0.3, 0.4) is 0 Å². The van der Waals surface area contributed by atoms with Crippen LogP contribution in [0.25, 0.3) is 16.9 Å². The third kappa shape index (κ3) is 5.37. The Morgan fingerprint density at radius 1 is 1.18 bits per heavy atom. The van der Waals surface area contributed by atoms with Gasteiger partial charge in [0.2, 0.25) is 0 Å². The summed E-state index contributed by atoms with van der Waals surface area (Å²) in [6, 6.07) is 11.8. The molecule has 1 aromatic carbocycles. The molecule has 33 heavy (non-hydrogen) atoms. The summed E-state index contributed by atoms with van der Waals surface area (Å²) >= 11 is 0. The van der Waals surface area contributed by atoms with E-state index in [4.69, 9.17) is 20.2 Å². The van der Waals surface area contributed by atoms with Crippen molar-refractivity contribution in [2.75, 3.05) is 32.0 Å². The Morgan fingerprint density at radius 3 is 2.58 bits per heavy atom. The lowest BCUT2D eigenvalue weighted by atomic mass is 9.96. The number of carbonyl (C=O) groups is 1. The normalized spacial score (nSPS) is 15.0. The van der Waals surface area contributed by atoms with Crippen LogP contribution in [0.2, 0.25) is 0 Å². The van der Waals surface area contributed by atoms with Crippen molar-refractivity contribution in [1.29, 1.82) is 0 Å². The minimum absolute atomic E-state index is 0.00903. The molecular weight excluding hydrogens is 416 g/mol. The van der Waals surface area contributed by atoms with Crippen molar-refractivity contribution in [2.45, 2.75) is 33.2 Å². The molecule has 7 nitrogen and oxygen atoms in total. The van der Waals surface area contributed by atoms with Crippen LogP contribution < -0.4 is 10.5 Å². The number of hydrogen-bond acceptors (Lipinski definition) is 6. The largest absolute Gasteiger partial charge is 0.489 e. The van der Waals surface area contributed by atoms with Gasteiger partial charge in [-0.1, -0.05) is 6.58 Å². The number of likely N-dealkylation sites (tertiary alicyclic amines) is 1. The number of imidazole rings is 1. The fraction of sp³-hybridized carbons (Fsp3) is 0.385. The van der Waals surface area contributed by atoms with Crippen LogP contribution >= 0.6 is 0 Å². The van der Waals surface area contributed by atoms with E-state index in [1.807, 2.05) is 56.4 Å². The Kier molecular flexibility index (Phi) is 6.99. The second kappa shape index (κ2) is 10.1. The van der Waals surface area contributed by atoms with Crippen molar-refractivity contribution < 1.29 is 14.3 Å². The molecule has 4 rings (SSSR count). The molecule has 3 aromatic rings. The van der Waals surface area contributed by atoms with Crippen LogP contribution in [-0.2, 0) is 16.1 Å². The summed E-state index contributed by atoms with van der Waals surface area (Å²) in [5, 5.41) is 0. The fourth-order valence-corrected chi connectivity index (χ4v) is 4.21. The summed E-state index contributed by atoms with van der Waals surface area (Å²) in [7, 11) is 0. The Hall–Kier alpha value is -3.32. The number of benzene rings is 1. The van der Waals surface area contributed by atoms with Crippen LogP contribution in [-0.4, -0.2) is 46.6 Å². The molecule has 174 valence electrons. The zero-order chi connectivity index (χ0) is 23.4. The number of pyridine rings is 1. The summed E-state index contributed by atoms with van der Waals surface area (Å²) in [5.74, 6) is 0.719. The van der Waals surface area contributed by atoms with E-state index in [1.165, 1.54) is 0 Å². The molecule has 0 amide bonds. The quantitative estimate of drug-likeness (QED) is 0.408.